The molecule has 19 heavy (non-hydrogen) atoms. The maximum absolute atomic E-state index is 9.95. The minimum absolute atomic E-state index is 0.0426. The Balaban J connectivity index is 2.03. The summed E-state index contributed by atoms with van der Waals surface area (Å²) in [7, 11) is 0. The Morgan fingerprint density at radius 2 is 2.11 bits per heavy atom. The predicted octanol–water partition coefficient (Wildman–Crippen LogP) is -0.909. The molecule has 3 N–H and O–H groups in total. The second-order valence-electron chi connectivity index (χ2n) is 4.23. The van der Waals surface area contributed by atoms with Gasteiger partial charge in [-0.15, -0.1) is 0 Å². The number of fused-ring (bicyclic) bond motifs is 1. The van der Waals surface area contributed by atoms with E-state index in [0.29, 0.717) is 11.2 Å². The van der Waals surface area contributed by atoms with Crippen LogP contribution in [0.1, 0.15) is 6.23 Å². The summed E-state index contributed by atoms with van der Waals surface area (Å²) < 4.78 is 6.85. The van der Waals surface area contributed by atoms with Gasteiger partial charge in [0, 0.05) is 0 Å². The molecule has 4 atom stereocenters. The highest BCUT2D eigenvalue weighted by Gasteiger charge is 2.43. The molecule has 0 aromatic carbocycles. The molecule has 1 aliphatic rings. The minimum Gasteiger partial charge on any atom is -0.394 e. The summed E-state index contributed by atoms with van der Waals surface area (Å²) in [5.41, 5.74) is 0.872. The Morgan fingerprint density at radius 3 is 2.79 bits per heavy atom. The zero-order valence-corrected chi connectivity index (χ0v) is 10.3. The van der Waals surface area contributed by atoms with Gasteiger partial charge in [-0.3, -0.25) is 4.57 Å². The van der Waals surface area contributed by atoms with Crippen LogP contribution >= 0.6 is 11.6 Å². The summed E-state index contributed by atoms with van der Waals surface area (Å²) in [6.07, 6.45) is -1.25. The van der Waals surface area contributed by atoms with Gasteiger partial charge in [0.15, 0.2) is 11.9 Å². The van der Waals surface area contributed by atoms with Gasteiger partial charge >= 0.3 is 0 Å². The van der Waals surface area contributed by atoms with E-state index in [-0.39, 0.29) is 5.28 Å². The van der Waals surface area contributed by atoms with Gasteiger partial charge in [-0.1, -0.05) is 0 Å². The SMILES string of the molecule is OC[C@H]1O[C@@H](n2cnc3cnc(Cl)nc32)[C@@H](O)C1O. The molecule has 2 aromatic heterocycles. The van der Waals surface area contributed by atoms with Crippen molar-refractivity contribution in [1.82, 2.24) is 19.5 Å². The lowest BCUT2D eigenvalue weighted by Crippen LogP contribution is -2.33. The van der Waals surface area contributed by atoms with E-state index in [1.54, 1.807) is 0 Å². The fraction of sp³-hybridized carbons (Fsp3) is 0.500. The van der Waals surface area contributed by atoms with Crippen molar-refractivity contribution >= 4 is 22.8 Å². The van der Waals surface area contributed by atoms with Gasteiger partial charge in [0.25, 0.3) is 0 Å². The fourth-order valence-corrected chi connectivity index (χ4v) is 2.23. The number of rotatable bonds is 2. The van der Waals surface area contributed by atoms with Crippen molar-refractivity contribution in [2.24, 2.45) is 0 Å². The molecule has 1 fully saturated rings. The number of imidazole rings is 1. The largest absolute Gasteiger partial charge is 0.394 e. The van der Waals surface area contributed by atoms with Crippen LogP contribution in [0.5, 0.6) is 0 Å². The Bertz CT molecular complexity index is 606. The molecule has 0 saturated carbocycles. The Morgan fingerprint density at radius 1 is 1.32 bits per heavy atom. The molecule has 2 aromatic rings. The molecule has 1 aliphatic heterocycles. The minimum atomic E-state index is -1.19. The maximum Gasteiger partial charge on any atom is 0.224 e. The van der Waals surface area contributed by atoms with Gasteiger partial charge < -0.3 is 20.1 Å². The van der Waals surface area contributed by atoms with E-state index in [0.717, 1.165) is 0 Å². The number of hydrogen-bond donors (Lipinski definition) is 3. The number of aromatic nitrogens is 4. The van der Waals surface area contributed by atoms with Crippen LogP contribution in [-0.4, -0.2) is 59.8 Å². The third-order valence-electron chi connectivity index (χ3n) is 3.08. The van der Waals surface area contributed by atoms with Gasteiger partial charge in [0.1, 0.15) is 23.8 Å². The smallest absolute Gasteiger partial charge is 0.224 e. The summed E-state index contributed by atoms with van der Waals surface area (Å²) >= 11 is 5.72. The zero-order valence-electron chi connectivity index (χ0n) is 9.59. The molecule has 1 unspecified atom stereocenters. The highest BCUT2D eigenvalue weighted by Crippen LogP contribution is 2.31. The molecule has 9 heteroatoms. The van der Waals surface area contributed by atoms with E-state index in [4.69, 9.17) is 21.4 Å². The van der Waals surface area contributed by atoms with Crippen LogP contribution in [0.3, 0.4) is 0 Å². The van der Waals surface area contributed by atoms with E-state index in [1.165, 1.54) is 17.1 Å². The van der Waals surface area contributed by atoms with Gasteiger partial charge in [0.2, 0.25) is 5.28 Å². The standard InChI is InChI=1S/C10H11ClN4O4/c11-10-12-1-4-8(14-10)15(3-13-4)9-7(18)6(17)5(2-16)19-9/h1,3,5-7,9,16-18H,2H2/t5-,6?,7+,9-/m1/s1. The van der Waals surface area contributed by atoms with E-state index in [2.05, 4.69) is 15.0 Å². The summed E-state index contributed by atoms with van der Waals surface area (Å²) in [6.45, 7) is -0.392. The van der Waals surface area contributed by atoms with E-state index in [9.17, 15) is 10.2 Å². The molecule has 0 aliphatic carbocycles. The molecule has 0 amide bonds. The lowest BCUT2D eigenvalue weighted by Gasteiger charge is -2.16. The van der Waals surface area contributed by atoms with Crippen LogP contribution in [0.25, 0.3) is 11.2 Å². The first-order chi connectivity index (χ1) is 9.11. The second kappa shape index (κ2) is 4.66. The van der Waals surface area contributed by atoms with E-state index < -0.39 is 31.1 Å². The van der Waals surface area contributed by atoms with Crippen molar-refractivity contribution in [3.8, 4) is 0 Å². The van der Waals surface area contributed by atoms with Gasteiger partial charge in [-0.25, -0.2) is 9.97 Å². The van der Waals surface area contributed by atoms with Crippen molar-refractivity contribution in [3.63, 3.8) is 0 Å². The number of hydrogen-bond acceptors (Lipinski definition) is 7. The van der Waals surface area contributed by atoms with Gasteiger partial charge in [0.05, 0.1) is 19.1 Å². The van der Waals surface area contributed by atoms with Crippen LogP contribution in [-0.2, 0) is 4.74 Å². The van der Waals surface area contributed by atoms with Gasteiger partial charge in [-0.05, 0) is 11.6 Å². The zero-order chi connectivity index (χ0) is 13.6. The third-order valence-corrected chi connectivity index (χ3v) is 3.26. The first-order valence-electron chi connectivity index (χ1n) is 5.59. The quantitative estimate of drug-likeness (QED) is 0.613. The van der Waals surface area contributed by atoms with Crippen molar-refractivity contribution in [1.29, 1.82) is 0 Å². The lowest BCUT2D eigenvalue weighted by molar-refractivity contribution is -0.0511. The average Bonchev–Trinajstić information content (AvgIpc) is 2.92. The molecule has 0 bridgehead atoms. The van der Waals surface area contributed by atoms with Crippen molar-refractivity contribution in [2.45, 2.75) is 24.5 Å². The van der Waals surface area contributed by atoms with Crippen LogP contribution in [0.4, 0.5) is 0 Å². The lowest BCUT2D eigenvalue weighted by atomic mass is 10.1. The maximum atomic E-state index is 9.95. The number of ether oxygens (including phenoxy) is 1. The van der Waals surface area contributed by atoms with Crippen molar-refractivity contribution in [3.05, 3.63) is 17.8 Å². The Kier molecular flexibility index (Phi) is 3.11. The molecule has 0 spiro atoms. The van der Waals surface area contributed by atoms with Gasteiger partial charge in [-0.2, -0.15) is 4.98 Å². The molecule has 0 radical (unpaired) electrons. The third kappa shape index (κ3) is 1.97. The molecule has 102 valence electrons. The summed E-state index contributed by atoms with van der Waals surface area (Å²) in [5, 5.41) is 28.8. The monoisotopic (exact) mass is 286 g/mol. The molecule has 3 rings (SSSR count). The highest BCUT2D eigenvalue weighted by atomic mass is 35.5. The van der Waals surface area contributed by atoms with Crippen LogP contribution < -0.4 is 0 Å². The Labute approximate surface area is 112 Å². The second-order valence-corrected chi connectivity index (χ2v) is 4.57. The Hall–Kier alpha value is -1.32. The number of halogens is 1. The molecule has 8 nitrogen and oxygen atoms in total. The molecule has 1 saturated heterocycles. The van der Waals surface area contributed by atoms with E-state index >= 15 is 0 Å². The fourth-order valence-electron chi connectivity index (χ4n) is 2.10. The highest BCUT2D eigenvalue weighted by molar-refractivity contribution is 6.28. The van der Waals surface area contributed by atoms with Crippen LogP contribution in [0.2, 0.25) is 5.28 Å². The van der Waals surface area contributed by atoms with Crippen LogP contribution in [0.15, 0.2) is 12.5 Å². The predicted molar refractivity (Wildman–Crippen MR) is 63.3 cm³/mol. The van der Waals surface area contributed by atoms with E-state index in [1.807, 2.05) is 0 Å². The average molecular weight is 287 g/mol. The summed E-state index contributed by atoms with van der Waals surface area (Å²) in [4.78, 5) is 11.9. The van der Waals surface area contributed by atoms with Crippen molar-refractivity contribution in [2.75, 3.05) is 6.61 Å². The summed E-state index contributed by atoms with van der Waals surface area (Å²) in [5.74, 6) is 0. The first-order valence-corrected chi connectivity index (χ1v) is 5.97. The topological polar surface area (TPSA) is 114 Å². The normalized spacial score (nSPS) is 31.2. The molecule has 3 heterocycles. The van der Waals surface area contributed by atoms with Crippen LogP contribution in [0, 0.1) is 0 Å². The summed E-state index contributed by atoms with van der Waals surface area (Å²) in [6, 6.07) is 0. The number of aliphatic hydroxyl groups is 3. The first kappa shape index (κ1) is 12.7. The molecular weight excluding hydrogens is 276 g/mol. The number of nitrogens with zero attached hydrogens (tertiary/aromatic N) is 4. The molecular formula is C10H11ClN4O4. The number of aliphatic hydroxyl groups excluding tert-OH is 3. The van der Waals surface area contributed by atoms with Crippen molar-refractivity contribution < 1.29 is 20.1 Å².